The second-order valence-electron chi connectivity index (χ2n) is 4.87. The number of amides is 1. The molecule has 1 aliphatic rings. The fourth-order valence-electron chi connectivity index (χ4n) is 1.77. The second kappa shape index (κ2) is 4.68. The molecule has 1 aromatic heterocycles. The average Bonchev–Trinajstić information content (AvgIpc) is 2.63. The summed E-state index contributed by atoms with van der Waals surface area (Å²) in [6.07, 6.45) is 3.80. The van der Waals surface area contributed by atoms with Crippen LogP contribution in [0.4, 0.5) is 0 Å². The van der Waals surface area contributed by atoms with Crippen LogP contribution in [0.5, 0.6) is 0 Å². The summed E-state index contributed by atoms with van der Waals surface area (Å²) in [7, 11) is 0. The molecule has 0 aromatic carbocycles. The van der Waals surface area contributed by atoms with Gasteiger partial charge in [0, 0.05) is 12.2 Å². The van der Waals surface area contributed by atoms with E-state index in [1.807, 2.05) is 6.07 Å². The highest BCUT2D eigenvalue weighted by Gasteiger charge is 2.19. The standard InChI is InChI=1S/C12H19N3O/c1-8(2)10-6-11(15-14-10)12(16)13-7-9-4-3-5-9/h6,8-9H,3-5,7H2,1-2H3,(H,13,16)(H,14,15). The number of aromatic amines is 1. The van der Waals surface area contributed by atoms with Crippen LogP contribution in [-0.2, 0) is 0 Å². The zero-order valence-corrected chi connectivity index (χ0v) is 9.92. The lowest BCUT2D eigenvalue weighted by molar-refractivity contribution is 0.0934. The molecule has 0 spiro atoms. The number of carbonyl (C=O) groups excluding carboxylic acids is 1. The quantitative estimate of drug-likeness (QED) is 0.817. The summed E-state index contributed by atoms with van der Waals surface area (Å²) in [6, 6.07) is 1.83. The topological polar surface area (TPSA) is 57.8 Å². The number of nitrogens with zero attached hydrogens (tertiary/aromatic N) is 1. The Morgan fingerprint density at radius 1 is 1.62 bits per heavy atom. The van der Waals surface area contributed by atoms with Crippen molar-refractivity contribution >= 4 is 5.91 Å². The van der Waals surface area contributed by atoms with Crippen LogP contribution in [0.3, 0.4) is 0 Å². The Morgan fingerprint density at radius 2 is 2.38 bits per heavy atom. The fraction of sp³-hybridized carbons (Fsp3) is 0.667. The zero-order chi connectivity index (χ0) is 11.5. The lowest BCUT2D eigenvalue weighted by atomic mass is 9.85. The monoisotopic (exact) mass is 221 g/mol. The summed E-state index contributed by atoms with van der Waals surface area (Å²) in [5.41, 5.74) is 1.51. The number of H-pyrrole nitrogens is 1. The van der Waals surface area contributed by atoms with Crippen molar-refractivity contribution in [1.29, 1.82) is 0 Å². The van der Waals surface area contributed by atoms with Gasteiger partial charge in [0.15, 0.2) is 0 Å². The summed E-state index contributed by atoms with van der Waals surface area (Å²) >= 11 is 0. The number of hydrogen-bond donors (Lipinski definition) is 2. The number of aromatic nitrogens is 2. The van der Waals surface area contributed by atoms with Gasteiger partial charge in [-0.05, 0) is 30.7 Å². The minimum atomic E-state index is -0.0601. The molecule has 4 nitrogen and oxygen atoms in total. The van der Waals surface area contributed by atoms with Crippen molar-refractivity contribution in [3.63, 3.8) is 0 Å². The molecule has 16 heavy (non-hydrogen) atoms. The maximum Gasteiger partial charge on any atom is 0.271 e. The molecule has 1 aliphatic carbocycles. The molecule has 0 bridgehead atoms. The first-order chi connectivity index (χ1) is 7.66. The smallest absolute Gasteiger partial charge is 0.271 e. The van der Waals surface area contributed by atoms with E-state index in [4.69, 9.17) is 0 Å². The van der Waals surface area contributed by atoms with Crippen molar-refractivity contribution in [2.75, 3.05) is 6.54 Å². The third-order valence-corrected chi connectivity index (χ3v) is 3.23. The van der Waals surface area contributed by atoms with Crippen LogP contribution in [0, 0.1) is 5.92 Å². The predicted molar refractivity (Wildman–Crippen MR) is 62.4 cm³/mol. The summed E-state index contributed by atoms with van der Waals surface area (Å²) in [5, 5.41) is 9.84. The minimum Gasteiger partial charge on any atom is -0.350 e. The van der Waals surface area contributed by atoms with Crippen molar-refractivity contribution in [1.82, 2.24) is 15.5 Å². The average molecular weight is 221 g/mol. The zero-order valence-electron chi connectivity index (χ0n) is 9.92. The van der Waals surface area contributed by atoms with Crippen molar-refractivity contribution in [2.24, 2.45) is 5.92 Å². The van der Waals surface area contributed by atoms with Crippen molar-refractivity contribution < 1.29 is 4.79 Å². The van der Waals surface area contributed by atoms with E-state index in [1.54, 1.807) is 0 Å². The lowest BCUT2D eigenvalue weighted by Gasteiger charge is -2.25. The molecule has 88 valence electrons. The maximum atomic E-state index is 11.7. The van der Waals surface area contributed by atoms with Crippen LogP contribution >= 0.6 is 0 Å². The van der Waals surface area contributed by atoms with E-state index < -0.39 is 0 Å². The summed E-state index contributed by atoms with van der Waals surface area (Å²) < 4.78 is 0. The van der Waals surface area contributed by atoms with E-state index in [-0.39, 0.29) is 5.91 Å². The molecule has 1 heterocycles. The highest BCUT2D eigenvalue weighted by atomic mass is 16.1. The van der Waals surface area contributed by atoms with Crippen LogP contribution in [0.2, 0.25) is 0 Å². The third kappa shape index (κ3) is 2.43. The maximum absolute atomic E-state index is 11.7. The molecular formula is C12H19N3O. The van der Waals surface area contributed by atoms with Gasteiger partial charge in [0.05, 0.1) is 0 Å². The highest BCUT2D eigenvalue weighted by Crippen LogP contribution is 2.25. The Labute approximate surface area is 95.8 Å². The van der Waals surface area contributed by atoms with Crippen LogP contribution < -0.4 is 5.32 Å². The van der Waals surface area contributed by atoms with Gasteiger partial charge in [0.2, 0.25) is 0 Å². The van der Waals surface area contributed by atoms with Gasteiger partial charge in [-0.2, -0.15) is 5.10 Å². The van der Waals surface area contributed by atoms with E-state index >= 15 is 0 Å². The van der Waals surface area contributed by atoms with E-state index in [1.165, 1.54) is 19.3 Å². The molecule has 0 atom stereocenters. The largest absolute Gasteiger partial charge is 0.350 e. The summed E-state index contributed by atoms with van der Waals surface area (Å²) in [4.78, 5) is 11.7. The van der Waals surface area contributed by atoms with Gasteiger partial charge < -0.3 is 5.32 Å². The Bertz CT molecular complexity index is 366. The molecular weight excluding hydrogens is 202 g/mol. The van der Waals surface area contributed by atoms with E-state index in [9.17, 15) is 4.79 Å². The second-order valence-corrected chi connectivity index (χ2v) is 4.87. The van der Waals surface area contributed by atoms with Crippen molar-refractivity contribution in [2.45, 2.75) is 39.0 Å². The molecule has 2 rings (SSSR count). The summed E-state index contributed by atoms with van der Waals surface area (Å²) in [6.45, 7) is 4.94. The number of hydrogen-bond acceptors (Lipinski definition) is 2. The van der Waals surface area contributed by atoms with E-state index in [0.29, 0.717) is 17.5 Å². The van der Waals surface area contributed by atoms with E-state index in [2.05, 4.69) is 29.4 Å². The van der Waals surface area contributed by atoms with Gasteiger partial charge >= 0.3 is 0 Å². The fourth-order valence-corrected chi connectivity index (χ4v) is 1.77. The predicted octanol–water partition coefficient (Wildman–Crippen LogP) is 2.06. The molecule has 0 radical (unpaired) electrons. The highest BCUT2D eigenvalue weighted by molar-refractivity contribution is 5.92. The first-order valence-corrected chi connectivity index (χ1v) is 6.00. The van der Waals surface area contributed by atoms with Gasteiger partial charge in [-0.1, -0.05) is 20.3 Å². The Kier molecular flexibility index (Phi) is 3.27. The molecule has 4 heteroatoms. The van der Waals surface area contributed by atoms with Crippen LogP contribution in [0.25, 0.3) is 0 Å². The van der Waals surface area contributed by atoms with Crippen LogP contribution in [0.1, 0.15) is 55.2 Å². The Morgan fingerprint density at radius 3 is 2.88 bits per heavy atom. The van der Waals surface area contributed by atoms with Crippen LogP contribution in [-0.4, -0.2) is 22.6 Å². The molecule has 0 aliphatic heterocycles. The Hall–Kier alpha value is -1.32. The van der Waals surface area contributed by atoms with Gasteiger partial charge in [-0.3, -0.25) is 9.89 Å². The van der Waals surface area contributed by atoms with Gasteiger partial charge in [0.1, 0.15) is 5.69 Å². The van der Waals surface area contributed by atoms with Gasteiger partial charge in [0.25, 0.3) is 5.91 Å². The lowest BCUT2D eigenvalue weighted by Crippen LogP contribution is -2.32. The Balaban J connectivity index is 1.87. The molecule has 1 amide bonds. The molecule has 1 fully saturated rings. The van der Waals surface area contributed by atoms with Crippen LogP contribution in [0.15, 0.2) is 6.07 Å². The normalized spacial score (nSPS) is 16.2. The number of rotatable bonds is 4. The van der Waals surface area contributed by atoms with Crippen molar-refractivity contribution in [3.8, 4) is 0 Å². The first-order valence-electron chi connectivity index (χ1n) is 6.00. The third-order valence-electron chi connectivity index (χ3n) is 3.23. The molecule has 0 unspecified atom stereocenters. The molecule has 1 saturated carbocycles. The molecule has 0 saturated heterocycles. The molecule has 2 N–H and O–H groups in total. The minimum absolute atomic E-state index is 0.0601. The van der Waals surface area contributed by atoms with E-state index in [0.717, 1.165) is 12.2 Å². The first kappa shape index (κ1) is 11.2. The number of carbonyl (C=O) groups is 1. The molecule has 1 aromatic rings. The SMILES string of the molecule is CC(C)c1cc(C(=O)NCC2CCC2)n[nH]1. The van der Waals surface area contributed by atoms with Gasteiger partial charge in [-0.25, -0.2) is 0 Å². The number of nitrogens with one attached hydrogen (secondary N) is 2. The summed E-state index contributed by atoms with van der Waals surface area (Å²) in [5.74, 6) is 1.00. The van der Waals surface area contributed by atoms with Crippen molar-refractivity contribution in [3.05, 3.63) is 17.5 Å². The van der Waals surface area contributed by atoms with Gasteiger partial charge in [-0.15, -0.1) is 0 Å².